The van der Waals surface area contributed by atoms with Crippen molar-refractivity contribution in [3.8, 4) is 0 Å². The van der Waals surface area contributed by atoms with E-state index in [-0.39, 0.29) is 11.3 Å². The van der Waals surface area contributed by atoms with E-state index in [1.165, 1.54) is 0 Å². The average molecular weight is 235 g/mol. The molecule has 0 aliphatic heterocycles. The van der Waals surface area contributed by atoms with Gasteiger partial charge in [0.1, 0.15) is 5.69 Å². The molecule has 0 atom stereocenters. The molecule has 0 saturated carbocycles. The predicted molar refractivity (Wildman–Crippen MR) is 70.2 cm³/mol. The number of anilines is 1. The van der Waals surface area contributed by atoms with Crippen LogP contribution in [0.15, 0.2) is 18.3 Å². The minimum atomic E-state index is -0.132. The molecule has 0 bridgehead atoms. The van der Waals surface area contributed by atoms with E-state index in [0.29, 0.717) is 12.2 Å². The molecule has 1 amide bonds. The van der Waals surface area contributed by atoms with Crippen LogP contribution in [0.1, 0.15) is 38.2 Å². The maximum Gasteiger partial charge on any atom is 0.269 e. The fourth-order valence-corrected chi connectivity index (χ4v) is 1.28. The van der Waals surface area contributed by atoms with Gasteiger partial charge in [-0.3, -0.25) is 9.78 Å². The normalized spacial score (nSPS) is 11.1. The topological polar surface area (TPSA) is 54.0 Å². The molecule has 94 valence electrons. The second kappa shape index (κ2) is 5.66. The highest BCUT2D eigenvalue weighted by Gasteiger charge is 2.10. The lowest BCUT2D eigenvalue weighted by Gasteiger charge is -2.19. The zero-order chi connectivity index (χ0) is 12.9. The Bertz CT molecular complexity index is 382. The van der Waals surface area contributed by atoms with Crippen molar-refractivity contribution < 1.29 is 4.79 Å². The van der Waals surface area contributed by atoms with Crippen LogP contribution in [-0.4, -0.2) is 24.0 Å². The zero-order valence-electron chi connectivity index (χ0n) is 11.0. The minimum absolute atomic E-state index is 0.132. The highest BCUT2D eigenvalue weighted by atomic mass is 16.1. The molecular weight excluding hydrogens is 214 g/mol. The van der Waals surface area contributed by atoms with E-state index in [2.05, 4.69) is 36.4 Å². The number of carbonyl (C=O) groups is 1. The van der Waals surface area contributed by atoms with Crippen molar-refractivity contribution in [1.82, 2.24) is 10.3 Å². The summed E-state index contributed by atoms with van der Waals surface area (Å²) >= 11 is 0. The van der Waals surface area contributed by atoms with Crippen LogP contribution in [0.3, 0.4) is 0 Å². The molecule has 0 fully saturated rings. The Kier molecular flexibility index (Phi) is 4.49. The molecule has 0 aliphatic rings. The molecule has 1 aromatic rings. The third-order valence-corrected chi connectivity index (χ3v) is 2.15. The summed E-state index contributed by atoms with van der Waals surface area (Å²) in [5.41, 5.74) is 1.58. The van der Waals surface area contributed by atoms with Crippen LogP contribution >= 0.6 is 0 Å². The molecule has 0 radical (unpaired) electrons. The average Bonchev–Trinajstić information content (AvgIpc) is 2.26. The summed E-state index contributed by atoms with van der Waals surface area (Å²) in [5.74, 6) is -0.132. The number of hydrogen-bond acceptors (Lipinski definition) is 3. The van der Waals surface area contributed by atoms with Gasteiger partial charge in [-0.2, -0.15) is 0 Å². The number of nitrogens with one attached hydrogen (secondary N) is 2. The van der Waals surface area contributed by atoms with Crippen molar-refractivity contribution in [1.29, 1.82) is 0 Å². The molecule has 4 heteroatoms. The third kappa shape index (κ3) is 4.85. The van der Waals surface area contributed by atoms with Crippen molar-refractivity contribution in [3.05, 3.63) is 24.0 Å². The lowest BCUT2D eigenvalue weighted by molar-refractivity contribution is 0.0951. The van der Waals surface area contributed by atoms with Crippen LogP contribution in [0.25, 0.3) is 0 Å². The van der Waals surface area contributed by atoms with Gasteiger partial charge in [-0.05, 0) is 24.5 Å². The monoisotopic (exact) mass is 235 g/mol. The Balaban J connectivity index is 2.69. The number of carbonyl (C=O) groups excluding carboxylic acids is 1. The number of nitrogens with zero attached hydrogens (tertiary/aromatic N) is 1. The van der Waals surface area contributed by atoms with Gasteiger partial charge in [0.2, 0.25) is 0 Å². The summed E-state index contributed by atoms with van der Waals surface area (Å²) in [4.78, 5) is 15.6. The van der Waals surface area contributed by atoms with E-state index in [1.54, 1.807) is 12.3 Å². The van der Waals surface area contributed by atoms with Gasteiger partial charge in [0.25, 0.3) is 5.91 Å². The number of rotatable bonds is 4. The Labute approximate surface area is 103 Å². The van der Waals surface area contributed by atoms with Crippen LogP contribution in [0.2, 0.25) is 0 Å². The van der Waals surface area contributed by atoms with Crippen molar-refractivity contribution in [2.75, 3.05) is 18.4 Å². The number of aromatic nitrogens is 1. The molecule has 0 saturated heterocycles. The second-order valence-corrected chi connectivity index (χ2v) is 5.20. The van der Waals surface area contributed by atoms with Crippen LogP contribution in [-0.2, 0) is 0 Å². The molecular formula is C13H21N3O. The van der Waals surface area contributed by atoms with Crippen LogP contribution in [0.5, 0.6) is 0 Å². The van der Waals surface area contributed by atoms with Crippen molar-refractivity contribution in [3.63, 3.8) is 0 Å². The fraction of sp³-hybridized carbons (Fsp3) is 0.538. The van der Waals surface area contributed by atoms with E-state index in [4.69, 9.17) is 0 Å². The van der Waals surface area contributed by atoms with E-state index < -0.39 is 0 Å². The first-order valence-corrected chi connectivity index (χ1v) is 5.90. The smallest absolute Gasteiger partial charge is 0.269 e. The van der Waals surface area contributed by atoms with Gasteiger partial charge in [0, 0.05) is 25.0 Å². The highest BCUT2D eigenvalue weighted by Crippen LogP contribution is 2.15. The molecule has 1 aromatic heterocycles. The number of amides is 1. The Hall–Kier alpha value is -1.58. The molecule has 2 N–H and O–H groups in total. The van der Waals surface area contributed by atoms with E-state index in [1.807, 2.05) is 13.0 Å². The van der Waals surface area contributed by atoms with Gasteiger partial charge in [-0.15, -0.1) is 0 Å². The first-order chi connectivity index (χ1) is 7.92. The second-order valence-electron chi connectivity index (χ2n) is 5.20. The minimum Gasteiger partial charge on any atom is -0.384 e. The van der Waals surface area contributed by atoms with Crippen LogP contribution < -0.4 is 10.6 Å². The highest BCUT2D eigenvalue weighted by molar-refractivity contribution is 5.93. The molecule has 0 spiro atoms. The van der Waals surface area contributed by atoms with Gasteiger partial charge in [-0.1, -0.05) is 20.8 Å². The zero-order valence-corrected chi connectivity index (χ0v) is 11.0. The first kappa shape index (κ1) is 13.5. The van der Waals surface area contributed by atoms with Crippen molar-refractivity contribution in [2.24, 2.45) is 5.41 Å². The molecule has 1 heterocycles. The van der Waals surface area contributed by atoms with Gasteiger partial charge >= 0.3 is 0 Å². The van der Waals surface area contributed by atoms with Crippen LogP contribution in [0, 0.1) is 5.41 Å². The summed E-state index contributed by atoms with van der Waals surface area (Å²) in [6, 6.07) is 3.64. The largest absolute Gasteiger partial charge is 0.384 e. The molecule has 0 aliphatic carbocycles. The number of pyridine rings is 1. The molecule has 0 unspecified atom stereocenters. The summed E-state index contributed by atoms with van der Waals surface area (Å²) in [6.45, 7) is 9.83. The van der Waals surface area contributed by atoms with Gasteiger partial charge in [0.05, 0.1) is 0 Å². The van der Waals surface area contributed by atoms with Gasteiger partial charge in [-0.25, -0.2) is 0 Å². The standard InChI is InChI=1S/C13H21N3O/c1-5-14-12(17)11-8-10(6-7-15-11)16-9-13(2,3)4/h6-8H,5,9H2,1-4H3,(H,14,17)(H,15,16). The Morgan fingerprint density at radius 3 is 2.71 bits per heavy atom. The lowest BCUT2D eigenvalue weighted by Crippen LogP contribution is -2.24. The van der Waals surface area contributed by atoms with Gasteiger partial charge < -0.3 is 10.6 Å². The molecule has 1 rings (SSSR count). The maximum absolute atomic E-state index is 11.6. The maximum atomic E-state index is 11.6. The molecule has 17 heavy (non-hydrogen) atoms. The van der Waals surface area contributed by atoms with E-state index in [9.17, 15) is 4.79 Å². The van der Waals surface area contributed by atoms with E-state index in [0.717, 1.165) is 12.2 Å². The van der Waals surface area contributed by atoms with Crippen molar-refractivity contribution in [2.45, 2.75) is 27.7 Å². The summed E-state index contributed by atoms with van der Waals surface area (Å²) in [6.07, 6.45) is 1.65. The fourth-order valence-electron chi connectivity index (χ4n) is 1.28. The Morgan fingerprint density at radius 1 is 1.41 bits per heavy atom. The number of hydrogen-bond donors (Lipinski definition) is 2. The third-order valence-electron chi connectivity index (χ3n) is 2.15. The summed E-state index contributed by atoms with van der Waals surface area (Å²) in [7, 11) is 0. The lowest BCUT2D eigenvalue weighted by atomic mass is 9.97. The molecule has 4 nitrogen and oxygen atoms in total. The molecule has 0 aromatic carbocycles. The van der Waals surface area contributed by atoms with Crippen molar-refractivity contribution >= 4 is 11.6 Å². The quantitative estimate of drug-likeness (QED) is 0.842. The SMILES string of the molecule is CCNC(=O)c1cc(NCC(C)(C)C)ccn1. The summed E-state index contributed by atoms with van der Waals surface area (Å²) in [5, 5.41) is 6.03. The first-order valence-electron chi connectivity index (χ1n) is 5.90. The predicted octanol–water partition coefficient (Wildman–Crippen LogP) is 2.29. The summed E-state index contributed by atoms with van der Waals surface area (Å²) < 4.78 is 0. The van der Waals surface area contributed by atoms with Gasteiger partial charge in [0.15, 0.2) is 0 Å². The van der Waals surface area contributed by atoms with E-state index >= 15 is 0 Å². The van der Waals surface area contributed by atoms with Crippen LogP contribution in [0.4, 0.5) is 5.69 Å². The Morgan fingerprint density at radius 2 is 2.12 bits per heavy atom.